The van der Waals surface area contributed by atoms with Crippen LogP contribution < -0.4 is 9.62 Å². The Kier molecular flexibility index (Phi) is 7.82. The van der Waals surface area contributed by atoms with Crippen LogP contribution in [0.25, 0.3) is 0 Å². The van der Waals surface area contributed by atoms with Gasteiger partial charge < -0.3 is 19.6 Å². The molecule has 0 aliphatic carbocycles. The van der Waals surface area contributed by atoms with Crippen LogP contribution in [-0.4, -0.2) is 75.4 Å². The summed E-state index contributed by atoms with van der Waals surface area (Å²) < 4.78 is 46.9. The summed E-state index contributed by atoms with van der Waals surface area (Å²) >= 11 is 0. The van der Waals surface area contributed by atoms with E-state index in [2.05, 4.69) is 21.8 Å². The number of benzene rings is 2. The summed E-state index contributed by atoms with van der Waals surface area (Å²) in [7, 11) is -3.89. The van der Waals surface area contributed by atoms with Crippen molar-refractivity contribution >= 4 is 21.6 Å². The summed E-state index contributed by atoms with van der Waals surface area (Å²) in [6.45, 7) is 2.40. The van der Waals surface area contributed by atoms with Crippen LogP contribution >= 0.6 is 0 Å². The number of halogens is 1. The largest absolute Gasteiger partial charge is 0.394 e. The molecule has 0 saturated carbocycles. The highest BCUT2D eigenvalue weighted by Crippen LogP contribution is 2.25. The Hall–Kier alpha value is -2.53. The molecule has 0 radical (unpaired) electrons. The van der Waals surface area contributed by atoms with E-state index in [4.69, 9.17) is 4.74 Å². The standard InChI is InChI=1S/C24H30FN3O5S/c25-18-6-9-21(10-7-18)34(31,32)26-22-11-8-20(33-23(22)17-29)16-24(30)28-14-12-27(13-15-28)19-4-2-1-3-5-19/h1-7,9-10,20,22-23,26,29H,8,11-17H2/t20-,22+,23+/m0/s1. The lowest BCUT2D eigenvalue weighted by Crippen LogP contribution is -2.52. The minimum absolute atomic E-state index is 0.000237. The van der Waals surface area contributed by atoms with Gasteiger partial charge in [-0.1, -0.05) is 18.2 Å². The summed E-state index contributed by atoms with van der Waals surface area (Å²) in [6, 6.07) is 14.0. The Morgan fingerprint density at radius 1 is 1.03 bits per heavy atom. The fraction of sp³-hybridized carbons (Fsp3) is 0.458. The summed E-state index contributed by atoms with van der Waals surface area (Å²) in [5.41, 5.74) is 1.14. The van der Waals surface area contributed by atoms with E-state index in [-0.39, 0.29) is 29.9 Å². The number of hydrogen-bond donors (Lipinski definition) is 2. The van der Waals surface area contributed by atoms with Gasteiger partial charge in [0, 0.05) is 31.9 Å². The summed E-state index contributed by atoms with van der Waals surface area (Å²) in [5, 5.41) is 9.79. The van der Waals surface area contributed by atoms with Gasteiger partial charge in [-0.25, -0.2) is 17.5 Å². The van der Waals surface area contributed by atoms with Crippen LogP contribution in [-0.2, 0) is 19.6 Å². The summed E-state index contributed by atoms with van der Waals surface area (Å²) in [6.07, 6.45) is -0.0481. The molecule has 1 amide bonds. The van der Waals surface area contributed by atoms with Crippen LogP contribution in [0.3, 0.4) is 0 Å². The maximum absolute atomic E-state index is 13.1. The number of ether oxygens (including phenoxy) is 1. The van der Waals surface area contributed by atoms with Crippen molar-refractivity contribution in [1.29, 1.82) is 0 Å². The van der Waals surface area contributed by atoms with E-state index in [0.717, 1.165) is 30.9 Å². The molecule has 2 aromatic carbocycles. The van der Waals surface area contributed by atoms with E-state index >= 15 is 0 Å². The zero-order valence-electron chi connectivity index (χ0n) is 18.8. The molecule has 2 saturated heterocycles. The third-order valence-electron chi connectivity index (χ3n) is 6.38. The van der Waals surface area contributed by atoms with Gasteiger partial charge in [-0.2, -0.15) is 0 Å². The summed E-state index contributed by atoms with van der Waals surface area (Å²) in [5.74, 6) is -0.526. The Morgan fingerprint density at radius 3 is 2.35 bits per heavy atom. The van der Waals surface area contributed by atoms with E-state index in [9.17, 15) is 22.7 Å². The van der Waals surface area contributed by atoms with Gasteiger partial charge in [0.05, 0.1) is 36.2 Å². The minimum Gasteiger partial charge on any atom is -0.394 e. The van der Waals surface area contributed by atoms with Crippen LogP contribution in [0.2, 0.25) is 0 Å². The molecule has 184 valence electrons. The lowest BCUT2D eigenvalue weighted by molar-refractivity contribution is -0.140. The maximum atomic E-state index is 13.1. The van der Waals surface area contributed by atoms with Crippen molar-refractivity contribution in [2.45, 2.75) is 42.4 Å². The fourth-order valence-electron chi connectivity index (χ4n) is 4.47. The van der Waals surface area contributed by atoms with Gasteiger partial charge in [0.2, 0.25) is 15.9 Å². The van der Waals surface area contributed by atoms with Crippen LogP contribution in [0.1, 0.15) is 19.3 Å². The molecular formula is C24H30FN3O5S. The zero-order chi connectivity index (χ0) is 24.1. The van der Waals surface area contributed by atoms with Crippen molar-refractivity contribution in [3.05, 3.63) is 60.4 Å². The van der Waals surface area contributed by atoms with Gasteiger partial charge in [0.15, 0.2) is 0 Å². The average Bonchev–Trinajstić information content (AvgIpc) is 2.85. The molecule has 2 aromatic rings. The second-order valence-corrected chi connectivity index (χ2v) is 10.4. The molecule has 0 unspecified atom stereocenters. The molecule has 0 bridgehead atoms. The monoisotopic (exact) mass is 491 g/mol. The third-order valence-corrected chi connectivity index (χ3v) is 7.89. The van der Waals surface area contributed by atoms with Crippen LogP contribution in [0, 0.1) is 5.82 Å². The number of nitrogens with one attached hydrogen (secondary N) is 1. The molecule has 0 aromatic heterocycles. The third kappa shape index (κ3) is 5.93. The lowest BCUT2D eigenvalue weighted by Gasteiger charge is -2.38. The number of para-hydroxylation sites is 1. The Morgan fingerprint density at radius 2 is 1.71 bits per heavy atom. The molecule has 2 heterocycles. The van der Waals surface area contributed by atoms with Gasteiger partial charge in [0.1, 0.15) is 5.82 Å². The van der Waals surface area contributed by atoms with E-state index < -0.39 is 28.0 Å². The Labute approximate surface area is 199 Å². The molecule has 8 nitrogen and oxygen atoms in total. The maximum Gasteiger partial charge on any atom is 0.240 e. The van der Waals surface area contributed by atoms with Crippen molar-refractivity contribution in [2.75, 3.05) is 37.7 Å². The lowest BCUT2D eigenvalue weighted by atomic mass is 9.97. The zero-order valence-corrected chi connectivity index (χ0v) is 19.7. The van der Waals surface area contributed by atoms with Crippen LogP contribution in [0.4, 0.5) is 10.1 Å². The number of nitrogens with zero attached hydrogens (tertiary/aromatic N) is 2. The minimum atomic E-state index is -3.89. The van der Waals surface area contributed by atoms with Gasteiger partial charge in [-0.3, -0.25) is 4.79 Å². The molecule has 3 atom stereocenters. The predicted octanol–water partition coefficient (Wildman–Crippen LogP) is 1.75. The molecular weight excluding hydrogens is 461 g/mol. The van der Waals surface area contributed by atoms with E-state index in [1.54, 1.807) is 0 Å². The first kappa shape index (κ1) is 24.6. The number of sulfonamides is 1. The van der Waals surface area contributed by atoms with Crippen molar-refractivity contribution in [1.82, 2.24) is 9.62 Å². The van der Waals surface area contributed by atoms with Gasteiger partial charge >= 0.3 is 0 Å². The van der Waals surface area contributed by atoms with Gasteiger partial charge in [-0.15, -0.1) is 0 Å². The van der Waals surface area contributed by atoms with E-state index in [0.29, 0.717) is 25.9 Å². The number of rotatable bonds is 7. The fourth-order valence-corrected chi connectivity index (χ4v) is 5.77. The molecule has 2 aliphatic rings. The molecule has 10 heteroatoms. The highest BCUT2D eigenvalue weighted by Gasteiger charge is 2.35. The second kappa shape index (κ2) is 10.8. The molecule has 4 rings (SSSR count). The first-order chi connectivity index (χ1) is 16.4. The Bertz CT molecular complexity index is 1060. The first-order valence-corrected chi connectivity index (χ1v) is 13.0. The molecule has 2 aliphatic heterocycles. The Balaban J connectivity index is 1.28. The molecule has 0 spiro atoms. The van der Waals surface area contributed by atoms with Crippen molar-refractivity contribution in [3.8, 4) is 0 Å². The molecule has 2 N–H and O–H groups in total. The van der Waals surface area contributed by atoms with Crippen LogP contribution in [0.5, 0.6) is 0 Å². The number of carbonyl (C=O) groups is 1. The topological polar surface area (TPSA) is 99.2 Å². The average molecular weight is 492 g/mol. The quantitative estimate of drug-likeness (QED) is 0.612. The van der Waals surface area contributed by atoms with Crippen molar-refractivity contribution in [2.24, 2.45) is 0 Å². The number of hydrogen-bond acceptors (Lipinski definition) is 6. The van der Waals surface area contributed by atoms with Gasteiger partial charge in [0.25, 0.3) is 0 Å². The number of aliphatic hydroxyl groups excluding tert-OH is 1. The SMILES string of the molecule is O=C(C[C@@H]1CC[C@@H](NS(=O)(=O)c2ccc(F)cc2)[C@@H](CO)O1)N1CCN(c2ccccc2)CC1. The highest BCUT2D eigenvalue weighted by molar-refractivity contribution is 7.89. The van der Waals surface area contributed by atoms with Crippen molar-refractivity contribution < 1.29 is 27.4 Å². The number of aliphatic hydroxyl groups is 1. The highest BCUT2D eigenvalue weighted by atomic mass is 32.2. The van der Waals surface area contributed by atoms with E-state index in [1.807, 2.05) is 23.1 Å². The van der Waals surface area contributed by atoms with Crippen molar-refractivity contribution in [3.63, 3.8) is 0 Å². The first-order valence-electron chi connectivity index (χ1n) is 11.5. The number of carbonyl (C=O) groups excluding carboxylic acids is 1. The number of anilines is 1. The van der Waals surface area contributed by atoms with Crippen LogP contribution in [0.15, 0.2) is 59.5 Å². The normalized spacial score (nSPS) is 23.6. The number of piperazine rings is 1. The molecule has 34 heavy (non-hydrogen) atoms. The molecule has 2 fully saturated rings. The summed E-state index contributed by atoms with van der Waals surface area (Å²) in [4.78, 5) is 16.9. The predicted molar refractivity (Wildman–Crippen MR) is 125 cm³/mol. The smallest absolute Gasteiger partial charge is 0.240 e. The second-order valence-electron chi connectivity index (χ2n) is 8.65. The number of amides is 1. The van der Waals surface area contributed by atoms with Gasteiger partial charge in [-0.05, 0) is 49.2 Å². The van der Waals surface area contributed by atoms with E-state index in [1.165, 1.54) is 12.1 Å².